The van der Waals surface area contributed by atoms with Gasteiger partial charge in [-0.05, 0) is 25.2 Å². The Morgan fingerprint density at radius 3 is 3.06 bits per heavy atom. The Hall–Kier alpha value is -1.23. The maximum absolute atomic E-state index is 6.12. The van der Waals surface area contributed by atoms with Crippen LogP contribution < -0.4 is 5.73 Å². The molecule has 4 nitrogen and oxygen atoms in total. The number of pyridine rings is 1. The van der Waals surface area contributed by atoms with Crippen LogP contribution in [0.5, 0.6) is 0 Å². The smallest absolute Gasteiger partial charge is 0.201 e. The molecule has 0 aliphatic heterocycles. The zero-order valence-corrected chi connectivity index (χ0v) is 11.4. The molecule has 96 valence electrons. The molecule has 2 unspecified atom stereocenters. The summed E-state index contributed by atoms with van der Waals surface area (Å²) in [5.41, 5.74) is 8.14. The SMILES string of the molecule is CSC1CCCCC1n1c(N)nc2cnccc21. The molecule has 0 spiro atoms. The number of anilines is 1. The Labute approximate surface area is 111 Å². The van der Waals surface area contributed by atoms with E-state index in [2.05, 4.69) is 20.8 Å². The Morgan fingerprint density at radius 2 is 2.22 bits per heavy atom. The fraction of sp³-hybridized carbons (Fsp3) is 0.538. The molecular weight excluding hydrogens is 244 g/mol. The average molecular weight is 262 g/mol. The molecule has 2 N–H and O–H groups in total. The molecule has 0 bridgehead atoms. The molecule has 1 fully saturated rings. The Balaban J connectivity index is 2.09. The van der Waals surface area contributed by atoms with E-state index < -0.39 is 0 Å². The van der Waals surface area contributed by atoms with Crippen molar-refractivity contribution in [3.8, 4) is 0 Å². The minimum atomic E-state index is 0.473. The van der Waals surface area contributed by atoms with Crippen molar-refractivity contribution in [2.75, 3.05) is 12.0 Å². The van der Waals surface area contributed by atoms with Crippen LogP contribution in [0.1, 0.15) is 31.7 Å². The first kappa shape index (κ1) is 11.8. The van der Waals surface area contributed by atoms with Crippen molar-refractivity contribution >= 4 is 28.7 Å². The van der Waals surface area contributed by atoms with E-state index in [1.807, 2.05) is 24.0 Å². The first-order chi connectivity index (χ1) is 8.81. The van der Waals surface area contributed by atoms with Gasteiger partial charge in [0, 0.05) is 17.5 Å². The summed E-state index contributed by atoms with van der Waals surface area (Å²) in [6.07, 6.45) is 10.9. The van der Waals surface area contributed by atoms with E-state index >= 15 is 0 Å². The van der Waals surface area contributed by atoms with E-state index in [1.54, 1.807) is 6.20 Å². The minimum absolute atomic E-state index is 0.473. The second kappa shape index (κ2) is 4.80. The molecule has 5 heteroatoms. The van der Waals surface area contributed by atoms with Gasteiger partial charge in [0.15, 0.2) is 0 Å². The number of nitrogen functional groups attached to an aromatic ring is 1. The summed E-state index contributed by atoms with van der Waals surface area (Å²) in [5, 5.41) is 0.645. The fourth-order valence-corrected chi connectivity index (χ4v) is 3.94. The summed E-state index contributed by atoms with van der Waals surface area (Å²) >= 11 is 1.95. The molecule has 2 atom stereocenters. The number of hydrogen-bond donors (Lipinski definition) is 1. The van der Waals surface area contributed by atoms with Gasteiger partial charge in [-0.15, -0.1) is 0 Å². The number of aromatic nitrogens is 3. The number of hydrogen-bond acceptors (Lipinski definition) is 4. The van der Waals surface area contributed by atoms with Gasteiger partial charge in [0.1, 0.15) is 5.52 Å². The Morgan fingerprint density at radius 1 is 1.39 bits per heavy atom. The lowest BCUT2D eigenvalue weighted by molar-refractivity contribution is 0.374. The molecule has 2 heterocycles. The third-order valence-corrected chi connectivity index (χ3v) is 4.98. The van der Waals surface area contributed by atoms with Gasteiger partial charge >= 0.3 is 0 Å². The van der Waals surface area contributed by atoms with Crippen LogP contribution in [0.2, 0.25) is 0 Å². The van der Waals surface area contributed by atoms with Crippen LogP contribution in [0.3, 0.4) is 0 Å². The summed E-state index contributed by atoms with van der Waals surface area (Å²) in [6.45, 7) is 0. The molecule has 2 aromatic rings. The summed E-state index contributed by atoms with van der Waals surface area (Å²) in [7, 11) is 0. The summed E-state index contributed by atoms with van der Waals surface area (Å²) < 4.78 is 2.22. The maximum atomic E-state index is 6.12. The van der Waals surface area contributed by atoms with Crippen LogP contribution in [0.25, 0.3) is 11.0 Å². The molecule has 0 radical (unpaired) electrons. The van der Waals surface area contributed by atoms with E-state index in [0.29, 0.717) is 17.2 Å². The van der Waals surface area contributed by atoms with Crippen molar-refractivity contribution in [1.82, 2.24) is 14.5 Å². The molecule has 3 rings (SSSR count). The largest absolute Gasteiger partial charge is 0.369 e. The van der Waals surface area contributed by atoms with Crippen molar-refractivity contribution in [3.63, 3.8) is 0 Å². The molecule has 0 amide bonds. The number of rotatable bonds is 2. The maximum Gasteiger partial charge on any atom is 0.201 e. The quantitative estimate of drug-likeness (QED) is 0.904. The van der Waals surface area contributed by atoms with Gasteiger partial charge in [-0.2, -0.15) is 11.8 Å². The van der Waals surface area contributed by atoms with E-state index in [0.717, 1.165) is 11.0 Å². The van der Waals surface area contributed by atoms with Gasteiger partial charge in [0.25, 0.3) is 0 Å². The second-order valence-electron chi connectivity index (χ2n) is 4.83. The van der Waals surface area contributed by atoms with Gasteiger partial charge in [-0.1, -0.05) is 12.8 Å². The number of fused-ring (bicyclic) bond motifs is 1. The third-order valence-electron chi connectivity index (χ3n) is 3.82. The zero-order valence-electron chi connectivity index (χ0n) is 10.5. The van der Waals surface area contributed by atoms with E-state index in [1.165, 1.54) is 25.7 Å². The number of nitrogens with two attached hydrogens (primary N) is 1. The second-order valence-corrected chi connectivity index (χ2v) is 5.91. The van der Waals surface area contributed by atoms with Gasteiger partial charge in [-0.25, -0.2) is 4.98 Å². The normalized spacial score (nSPS) is 24.5. The molecule has 0 aromatic carbocycles. The van der Waals surface area contributed by atoms with Gasteiger partial charge in [-0.3, -0.25) is 4.98 Å². The number of thioether (sulfide) groups is 1. The first-order valence-corrected chi connectivity index (χ1v) is 7.70. The van der Waals surface area contributed by atoms with Gasteiger partial charge in [0.2, 0.25) is 5.95 Å². The molecule has 18 heavy (non-hydrogen) atoms. The van der Waals surface area contributed by atoms with Crippen LogP contribution in [0, 0.1) is 0 Å². The van der Waals surface area contributed by atoms with Crippen LogP contribution in [0.4, 0.5) is 5.95 Å². The highest BCUT2D eigenvalue weighted by Gasteiger charge is 2.28. The lowest BCUT2D eigenvalue weighted by Gasteiger charge is -2.32. The van der Waals surface area contributed by atoms with Crippen LogP contribution in [-0.2, 0) is 0 Å². The molecule has 0 saturated heterocycles. The lowest BCUT2D eigenvalue weighted by atomic mass is 9.94. The van der Waals surface area contributed by atoms with Crippen molar-refractivity contribution in [1.29, 1.82) is 0 Å². The van der Waals surface area contributed by atoms with E-state index in [-0.39, 0.29) is 0 Å². The van der Waals surface area contributed by atoms with Crippen molar-refractivity contribution < 1.29 is 0 Å². The molecule has 1 aliphatic rings. The number of nitrogens with zero attached hydrogens (tertiary/aromatic N) is 3. The predicted octanol–water partition coefficient (Wildman–Crippen LogP) is 2.86. The lowest BCUT2D eigenvalue weighted by Crippen LogP contribution is -2.26. The van der Waals surface area contributed by atoms with Gasteiger partial charge in [0.05, 0.1) is 11.7 Å². The fourth-order valence-electron chi connectivity index (χ4n) is 2.97. The predicted molar refractivity (Wildman–Crippen MR) is 76.7 cm³/mol. The van der Waals surface area contributed by atoms with Crippen molar-refractivity contribution in [2.45, 2.75) is 37.0 Å². The summed E-state index contributed by atoms with van der Waals surface area (Å²) in [6, 6.07) is 2.49. The minimum Gasteiger partial charge on any atom is -0.369 e. The van der Waals surface area contributed by atoms with Crippen LogP contribution >= 0.6 is 11.8 Å². The summed E-state index contributed by atoms with van der Waals surface area (Å²) in [5.74, 6) is 0.629. The highest BCUT2D eigenvalue weighted by Crippen LogP contribution is 2.38. The topological polar surface area (TPSA) is 56.7 Å². The van der Waals surface area contributed by atoms with E-state index in [9.17, 15) is 0 Å². The van der Waals surface area contributed by atoms with Crippen molar-refractivity contribution in [3.05, 3.63) is 18.5 Å². The standard InChI is InChI=1S/C13H18N4S/c1-18-12-5-3-2-4-11(12)17-10-6-7-15-8-9(10)16-13(17)14/h6-8,11-12H,2-5H2,1H3,(H2,14,16). The van der Waals surface area contributed by atoms with Crippen molar-refractivity contribution in [2.24, 2.45) is 0 Å². The van der Waals surface area contributed by atoms with Crippen LogP contribution in [-0.4, -0.2) is 26.0 Å². The summed E-state index contributed by atoms with van der Waals surface area (Å²) in [4.78, 5) is 8.54. The van der Waals surface area contributed by atoms with Crippen LogP contribution in [0.15, 0.2) is 18.5 Å². The first-order valence-electron chi connectivity index (χ1n) is 6.41. The average Bonchev–Trinajstić information content (AvgIpc) is 2.74. The van der Waals surface area contributed by atoms with E-state index in [4.69, 9.17) is 5.73 Å². The zero-order chi connectivity index (χ0) is 12.5. The third kappa shape index (κ3) is 1.86. The molecule has 2 aromatic heterocycles. The Kier molecular flexibility index (Phi) is 3.16. The highest BCUT2D eigenvalue weighted by molar-refractivity contribution is 7.99. The number of imidazole rings is 1. The van der Waals surface area contributed by atoms with Gasteiger partial charge < -0.3 is 10.3 Å². The monoisotopic (exact) mass is 262 g/mol. The molecule has 1 aliphatic carbocycles. The Bertz CT molecular complexity index is 551. The highest BCUT2D eigenvalue weighted by atomic mass is 32.2. The molecular formula is C13H18N4S. The molecule has 1 saturated carbocycles.